The lowest BCUT2D eigenvalue weighted by Crippen LogP contribution is -2.05. The zero-order valence-corrected chi connectivity index (χ0v) is 13.0. The van der Waals surface area contributed by atoms with Gasteiger partial charge in [0.15, 0.2) is 0 Å². The summed E-state index contributed by atoms with van der Waals surface area (Å²) < 4.78 is 5.80. The second-order valence-corrected chi connectivity index (χ2v) is 5.32. The molecule has 3 nitrogen and oxygen atoms in total. The van der Waals surface area contributed by atoms with Crippen LogP contribution in [0.2, 0.25) is 0 Å². The molecule has 0 heterocycles. The van der Waals surface area contributed by atoms with Gasteiger partial charge in [-0.15, -0.1) is 0 Å². The van der Waals surface area contributed by atoms with Gasteiger partial charge < -0.3 is 10.1 Å². The third-order valence-electron chi connectivity index (χ3n) is 3.09. The van der Waals surface area contributed by atoms with Crippen molar-refractivity contribution in [2.24, 2.45) is 0 Å². The van der Waals surface area contributed by atoms with Gasteiger partial charge in [0.05, 0.1) is 12.7 Å². The normalized spacial score (nSPS) is 10.2. The van der Waals surface area contributed by atoms with Gasteiger partial charge in [-0.2, -0.15) is 0 Å². The van der Waals surface area contributed by atoms with Crippen LogP contribution in [-0.4, -0.2) is 13.1 Å². The summed E-state index contributed by atoms with van der Waals surface area (Å²) in [7, 11) is 1.39. The lowest BCUT2D eigenvalue weighted by atomic mass is 10.1. The van der Waals surface area contributed by atoms with E-state index in [2.05, 4.69) is 27.3 Å². The monoisotopic (exact) mass is 333 g/mol. The summed E-state index contributed by atoms with van der Waals surface area (Å²) in [5, 5.41) is 3.35. The van der Waals surface area contributed by atoms with Crippen LogP contribution in [-0.2, 0) is 11.3 Å². The minimum absolute atomic E-state index is 0.325. The lowest BCUT2D eigenvalue weighted by molar-refractivity contribution is 0.0601. The lowest BCUT2D eigenvalue weighted by Gasteiger charge is -2.12. The van der Waals surface area contributed by atoms with Gasteiger partial charge in [-0.1, -0.05) is 40.2 Å². The average Bonchev–Trinajstić information content (AvgIpc) is 2.47. The molecule has 2 aromatic carbocycles. The highest BCUT2D eigenvalue weighted by atomic mass is 79.9. The second-order valence-electron chi connectivity index (χ2n) is 4.47. The van der Waals surface area contributed by atoms with E-state index in [0.717, 1.165) is 21.3 Å². The summed E-state index contributed by atoms with van der Waals surface area (Å²) in [5.74, 6) is -0.325. The van der Waals surface area contributed by atoms with Crippen molar-refractivity contribution in [3.8, 4) is 0 Å². The Balaban J connectivity index is 2.17. The van der Waals surface area contributed by atoms with Crippen LogP contribution in [0.4, 0.5) is 5.69 Å². The summed E-state index contributed by atoms with van der Waals surface area (Å²) in [6, 6.07) is 13.5. The maximum atomic E-state index is 11.5. The third-order valence-corrected chi connectivity index (χ3v) is 3.86. The summed E-state index contributed by atoms with van der Waals surface area (Å²) >= 11 is 3.52. The molecule has 0 spiro atoms. The van der Waals surface area contributed by atoms with Crippen LogP contribution in [0.25, 0.3) is 0 Å². The fourth-order valence-corrected chi connectivity index (χ4v) is 2.31. The fourth-order valence-electron chi connectivity index (χ4n) is 1.89. The number of halogens is 1. The van der Waals surface area contributed by atoms with Crippen molar-refractivity contribution >= 4 is 27.6 Å². The molecule has 2 rings (SSSR count). The molecule has 4 heteroatoms. The van der Waals surface area contributed by atoms with E-state index >= 15 is 0 Å². The Labute approximate surface area is 127 Å². The number of hydrogen-bond donors (Lipinski definition) is 1. The molecule has 0 aliphatic carbocycles. The molecule has 0 aliphatic rings. The van der Waals surface area contributed by atoms with E-state index in [1.165, 1.54) is 7.11 Å². The Morgan fingerprint density at radius 3 is 2.70 bits per heavy atom. The van der Waals surface area contributed by atoms with E-state index in [1.54, 1.807) is 6.07 Å². The van der Waals surface area contributed by atoms with Crippen LogP contribution in [0.1, 0.15) is 21.5 Å². The van der Waals surface area contributed by atoms with E-state index in [0.29, 0.717) is 12.1 Å². The molecule has 0 saturated carbocycles. The van der Waals surface area contributed by atoms with Gasteiger partial charge in [0.1, 0.15) is 0 Å². The van der Waals surface area contributed by atoms with Gasteiger partial charge in [0.25, 0.3) is 0 Å². The Kier molecular flexibility index (Phi) is 4.79. The molecule has 0 aromatic heterocycles. The first-order valence-electron chi connectivity index (χ1n) is 6.28. The smallest absolute Gasteiger partial charge is 0.337 e. The highest BCUT2D eigenvalue weighted by molar-refractivity contribution is 9.10. The molecule has 0 aliphatic heterocycles. The van der Waals surface area contributed by atoms with Crippen molar-refractivity contribution in [2.75, 3.05) is 12.4 Å². The number of anilines is 1. The summed E-state index contributed by atoms with van der Waals surface area (Å²) in [6.07, 6.45) is 0. The Bertz CT molecular complexity index is 626. The topological polar surface area (TPSA) is 38.3 Å². The predicted molar refractivity (Wildman–Crippen MR) is 84.0 cm³/mol. The van der Waals surface area contributed by atoms with Crippen LogP contribution >= 0.6 is 15.9 Å². The zero-order valence-electron chi connectivity index (χ0n) is 11.4. The van der Waals surface area contributed by atoms with Gasteiger partial charge in [0, 0.05) is 16.7 Å². The van der Waals surface area contributed by atoms with Crippen LogP contribution in [0.3, 0.4) is 0 Å². The quantitative estimate of drug-likeness (QED) is 0.854. The first-order chi connectivity index (χ1) is 9.61. The van der Waals surface area contributed by atoms with Crippen LogP contribution < -0.4 is 5.32 Å². The van der Waals surface area contributed by atoms with E-state index in [1.807, 2.05) is 37.3 Å². The molecule has 0 atom stereocenters. The van der Waals surface area contributed by atoms with Crippen molar-refractivity contribution in [1.82, 2.24) is 0 Å². The Hall–Kier alpha value is -1.81. The number of benzene rings is 2. The minimum atomic E-state index is -0.325. The fraction of sp³-hybridized carbons (Fsp3) is 0.188. The number of esters is 1. The van der Waals surface area contributed by atoms with Crippen molar-refractivity contribution in [2.45, 2.75) is 13.5 Å². The standard InChI is InChI=1S/C16H16BrNO2/c1-11-7-8-12(16(19)20-2)9-15(11)18-10-13-5-3-4-6-14(13)17/h3-9,18H,10H2,1-2H3. The highest BCUT2D eigenvalue weighted by Gasteiger charge is 2.08. The highest BCUT2D eigenvalue weighted by Crippen LogP contribution is 2.21. The first-order valence-corrected chi connectivity index (χ1v) is 7.07. The van der Waals surface area contributed by atoms with Crippen LogP contribution in [0.15, 0.2) is 46.9 Å². The Morgan fingerprint density at radius 2 is 2.00 bits per heavy atom. The molecule has 1 N–H and O–H groups in total. The molecule has 0 unspecified atom stereocenters. The van der Waals surface area contributed by atoms with Gasteiger partial charge in [-0.05, 0) is 36.2 Å². The molecular weight excluding hydrogens is 318 g/mol. The molecule has 104 valence electrons. The molecular formula is C16H16BrNO2. The third kappa shape index (κ3) is 3.39. The number of rotatable bonds is 4. The summed E-state index contributed by atoms with van der Waals surface area (Å²) in [6.45, 7) is 2.69. The first kappa shape index (κ1) is 14.6. The molecule has 0 radical (unpaired) electrons. The molecule has 0 bridgehead atoms. The van der Waals surface area contributed by atoms with Crippen LogP contribution in [0.5, 0.6) is 0 Å². The number of hydrogen-bond acceptors (Lipinski definition) is 3. The maximum absolute atomic E-state index is 11.5. The number of ether oxygens (including phenoxy) is 1. The van der Waals surface area contributed by atoms with E-state index in [9.17, 15) is 4.79 Å². The predicted octanol–water partition coefficient (Wildman–Crippen LogP) is 4.16. The maximum Gasteiger partial charge on any atom is 0.337 e. The van der Waals surface area contributed by atoms with Gasteiger partial charge in [-0.3, -0.25) is 0 Å². The van der Waals surface area contributed by atoms with Gasteiger partial charge in [-0.25, -0.2) is 4.79 Å². The largest absolute Gasteiger partial charge is 0.465 e. The molecule has 0 amide bonds. The van der Waals surface area contributed by atoms with Crippen molar-refractivity contribution in [1.29, 1.82) is 0 Å². The van der Waals surface area contributed by atoms with E-state index in [-0.39, 0.29) is 5.97 Å². The van der Waals surface area contributed by atoms with Gasteiger partial charge in [0.2, 0.25) is 0 Å². The minimum Gasteiger partial charge on any atom is -0.465 e. The number of nitrogens with one attached hydrogen (secondary N) is 1. The van der Waals surface area contributed by atoms with Gasteiger partial charge >= 0.3 is 5.97 Å². The average molecular weight is 334 g/mol. The Morgan fingerprint density at radius 1 is 1.25 bits per heavy atom. The molecule has 0 fully saturated rings. The number of methoxy groups -OCH3 is 1. The molecule has 20 heavy (non-hydrogen) atoms. The van der Waals surface area contributed by atoms with E-state index in [4.69, 9.17) is 4.74 Å². The van der Waals surface area contributed by atoms with E-state index < -0.39 is 0 Å². The molecule has 2 aromatic rings. The second kappa shape index (κ2) is 6.57. The summed E-state index contributed by atoms with van der Waals surface area (Å²) in [4.78, 5) is 11.5. The zero-order chi connectivity index (χ0) is 14.5. The SMILES string of the molecule is COC(=O)c1ccc(C)c(NCc2ccccc2Br)c1. The van der Waals surface area contributed by atoms with Crippen molar-refractivity contribution in [3.63, 3.8) is 0 Å². The van der Waals surface area contributed by atoms with Crippen LogP contribution in [0, 0.1) is 6.92 Å². The van der Waals surface area contributed by atoms with Crippen molar-refractivity contribution < 1.29 is 9.53 Å². The number of carbonyl (C=O) groups is 1. The number of carbonyl (C=O) groups excluding carboxylic acids is 1. The van der Waals surface area contributed by atoms with Crippen molar-refractivity contribution in [3.05, 3.63) is 63.6 Å². The summed E-state index contributed by atoms with van der Waals surface area (Å²) in [5.41, 5.74) is 3.73. The molecule has 0 saturated heterocycles. The number of aryl methyl sites for hydroxylation is 1.